The van der Waals surface area contributed by atoms with E-state index in [9.17, 15) is 5.11 Å². The van der Waals surface area contributed by atoms with Gasteiger partial charge >= 0.3 is 0 Å². The normalized spacial score (nSPS) is 13.0. The number of hydrogen-bond donors (Lipinski definition) is 1. The summed E-state index contributed by atoms with van der Waals surface area (Å²) in [6.45, 7) is 2.65. The van der Waals surface area contributed by atoms with E-state index in [4.69, 9.17) is 18.9 Å². The maximum atomic E-state index is 10.3. The first-order valence-corrected chi connectivity index (χ1v) is 13.7. The van der Waals surface area contributed by atoms with E-state index in [0.29, 0.717) is 5.75 Å². The molecule has 5 nitrogen and oxygen atoms in total. The minimum atomic E-state index is -0.747. The molecule has 5 aromatic rings. The molecule has 0 amide bonds. The first-order valence-electron chi connectivity index (χ1n) is 13.7. The third kappa shape index (κ3) is 7.27. The third-order valence-corrected chi connectivity index (χ3v) is 7.04. The summed E-state index contributed by atoms with van der Waals surface area (Å²) < 4.78 is 23.0. The van der Waals surface area contributed by atoms with Crippen LogP contribution in [-0.2, 0) is 5.41 Å². The molecule has 0 spiro atoms. The van der Waals surface area contributed by atoms with E-state index in [1.54, 1.807) is 0 Å². The molecule has 0 bridgehead atoms. The fraction of sp³-hybridized carbons (Fsp3) is 0.167. The van der Waals surface area contributed by atoms with Crippen LogP contribution in [0.25, 0.3) is 0 Å². The highest BCUT2D eigenvalue weighted by molar-refractivity contribution is 5.51. The van der Waals surface area contributed by atoms with Gasteiger partial charge in [0.05, 0.1) is 0 Å². The summed E-state index contributed by atoms with van der Waals surface area (Å²) in [7, 11) is 0. The zero-order valence-electron chi connectivity index (χ0n) is 23.1. The lowest BCUT2D eigenvalue weighted by Gasteiger charge is -2.32. The van der Waals surface area contributed by atoms with E-state index in [2.05, 4.69) is 55.5 Å². The summed E-state index contributed by atoms with van der Waals surface area (Å²) in [6.07, 6.45) is -0.747. The van der Waals surface area contributed by atoms with Gasteiger partial charge in [0.1, 0.15) is 42.3 Å². The highest BCUT2D eigenvalue weighted by Crippen LogP contribution is 2.40. The van der Waals surface area contributed by atoms with Crippen molar-refractivity contribution >= 4 is 0 Å². The first-order chi connectivity index (χ1) is 20.1. The number of hydrogen-bond acceptors (Lipinski definition) is 5. The second-order valence-electron chi connectivity index (χ2n) is 9.85. The van der Waals surface area contributed by atoms with E-state index >= 15 is 0 Å². The second kappa shape index (κ2) is 13.6. The number of rotatable bonds is 13. The highest BCUT2D eigenvalue weighted by atomic mass is 16.7. The zero-order chi connectivity index (χ0) is 28.3. The Bertz CT molecular complexity index is 1460. The van der Waals surface area contributed by atoms with Gasteiger partial charge in [0.15, 0.2) is 0 Å². The van der Waals surface area contributed by atoms with E-state index < -0.39 is 11.5 Å². The van der Waals surface area contributed by atoms with E-state index in [1.165, 1.54) is 5.56 Å². The van der Waals surface area contributed by atoms with Crippen molar-refractivity contribution in [2.45, 2.75) is 18.4 Å². The molecule has 5 aromatic carbocycles. The summed E-state index contributed by atoms with van der Waals surface area (Å²) in [5, 5.41) is 10.3. The van der Waals surface area contributed by atoms with Crippen molar-refractivity contribution in [3.05, 3.63) is 156 Å². The molecule has 0 fully saturated rings. The predicted octanol–water partition coefficient (Wildman–Crippen LogP) is 7.27. The summed E-state index contributed by atoms with van der Waals surface area (Å²) in [5.41, 5.74) is 3.00. The van der Waals surface area contributed by atoms with Gasteiger partial charge in [-0.3, -0.25) is 0 Å². The van der Waals surface area contributed by atoms with Crippen molar-refractivity contribution in [2.75, 3.05) is 20.0 Å². The molecule has 0 aliphatic rings. The molecule has 0 radical (unpaired) electrons. The van der Waals surface area contributed by atoms with Crippen molar-refractivity contribution in [3.8, 4) is 23.0 Å². The van der Waals surface area contributed by atoms with Gasteiger partial charge in [0, 0.05) is 5.41 Å². The average molecular weight is 547 g/mol. The summed E-state index contributed by atoms with van der Waals surface area (Å²) in [5.74, 6) is 2.91. The fourth-order valence-corrected chi connectivity index (χ4v) is 4.67. The van der Waals surface area contributed by atoms with Gasteiger partial charge in [-0.1, -0.05) is 91.0 Å². The lowest BCUT2D eigenvalue weighted by atomic mass is 9.71. The van der Waals surface area contributed by atoms with E-state index in [1.807, 2.05) is 91.0 Å². The van der Waals surface area contributed by atoms with E-state index in [0.717, 1.165) is 28.4 Å². The SMILES string of the molecule is CC(c1ccccc1)(c1ccc(OCOc2ccccc2)cc1)c1ccc(OCC(O)COc2ccccc2)cc1. The molecule has 208 valence electrons. The van der Waals surface area contributed by atoms with Gasteiger partial charge in [-0.05, 0) is 72.1 Å². The minimum absolute atomic E-state index is 0.133. The molecule has 2 unspecified atom stereocenters. The highest BCUT2D eigenvalue weighted by Gasteiger charge is 2.31. The van der Waals surface area contributed by atoms with Crippen LogP contribution in [0, 0.1) is 0 Å². The van der Waals surface area contributed by atoms with Gasteiger partial charge in [-0.15, -0.1) is 0 Å². The fourth-order valence-electron chi connectivity index (χ4n) is 4.67. The summed E-state index contributed by atoms with van der Waals surface area (Å²) in [4.78, 5) is 0. The third-order valence-electron chi connectivity index (χ3n) is 7.04. The zero-order valence-corrected chi connectivity index (χ0v) is 23.1. The smallest absolute Gasteiger partial charge is 0.230 e. The molecule has 0 heterocycles. The minimum Gasteiger partial charge on any atom is -0.491 e. The molecule has 0 saturated heterocycles. The standard InChI is InChI=1S/C36H34O5/c1-36(28-11-5-2-6-12-28,30-19-23-35(24-20-30)41-27-40-33-15-9-4-10-16-33)29-17-21-34(22-18-29)39-26-31(37)25-38-32-13-7-3-8-14-32/h2-24,31,37H,25-27H2,1H3. The molecule has 0 saturated carbocycles. The maximum Gasteiger partial charge on any atom is 0.230 e. The quantitative estimate of drug-likeness (QED) is 0.124. The van der Waals surface area contributed by atoms with Crippen LogP contribution >= 0.6 is 0 Å². The van der Waals surface area contributed by atoms with Crippen molar-refractivity contribution in [3.63, 3.8) is 0 Å². The summed E-state index contributed by atoms with van der Waals surface area (Å²) in [6, 6.07) is 45.6. The molecule has 0 aromatic heterocycles. The van der Waals surface area contributed by atoms with Crippen LogP contribution in [0.1, 0.15) is 23.6 Å². The van der Waals surface area contributed by atoms with Gasteiger partial charge in [0.25, 0.3) is 0 Å². The maximum absolute atomic E-state index is 10.3. The van der Waals surface area contributed by atoms with Crippen LogP contribution in [0.4, 0.5) is 0 Å². The van der Waals surface area contributed by atoms with Crippen LogP contribution in [0.3, 0.4) is 0 Å². The monoisotopic (exact) mass is 546 g/mol. The van der Waals surface area contributed by atoms with Crippen LogP contribution in [-0.4, -0.2) is 31.2 Å². The Morgan fingerprint density at radius 3 is 1.27 bits per heavy atom. The lowest BCUT2D eigenvalue weighted by molar-refractivity contribution is 0.0626. The molecule has 5 rings (SSSR count). The molecule has 5 heteroatoms. The van der Waals surface area contributed by atoms with Crippen LogP contribution < -0.4 is 18.9 Å². The molecule has 1 N–H and O–H groups in total. The molecule has 0 aliphatic carbocycles. The van der Waals surface area contributed by atoms with Crippen molar-refractivity contribution in [1.82, 2.24) is 0 Å². The van der Waals surface area contributed by atoms with Crippen LogP contribution in [0.2, 0.25) is 0 Å². The van der Waals surface area contributed by atoms with Crippen molar-refractivity contribution in [1.29, 1.82) is 0 Å². The number of para-hydroxylation sites is 2. The van der Waals surface area contributed by atoms with Gasteiger partial charge in [0.2, 0.25) is 6.79 Å². The topological polar surface area (TPSA) is 57.2 Å². The number of aliphatic hydroxyl groups excluding tert-OH is 1. The first kappa shape index (κ1) is 27.8. The van der Waals surface area contributed by atoms with Gasteiger partial charge < -0.3 is 24.1 Å². The Balaban J connectivity index is 1.25. The van der Waals surface area contributed by atoms with Gasteiger partial charge in [-0.25, -0.2) is 0 Å². The molecular formula is C36H34O5. The molecule has 2 atom stereocenters. The van der Waals surface area contributed by atoms with Crippen LogP contribution in [0.5, 0.6) is 23.0 Å². The lowest BCUT2D eigenvalue weighted by Crippen LogP contribution is -2.26. The Morgan fingerprint density at radius 1 is 0.463 bits per heavy atom. The Hall–Kier alpha value is -4.74. The molecule has 41 heavy (non-hydrogen) atoms. The Kier molecular flexibility index (Phi) is 9.19. The molecular weight excluding hydrogens is 512 g/mol. The van der Waals surface area contributed by atoms with E-state index in [-0.39, 0.29) is 20.0 Å². The van der Waals surface area contributed by atoms with Crippen molar-refractivity contribution < 1.29 is 24.1 Å². The average Bonchev–Trinajstić information content (AvgIpc) is 3.04. The Labute approximate surface area is 241 Å². The summed E-state index contributed by atoms with van der Waals surface area (Å²) >= 11 is 0. The predicted molar refractivity (Wildman–Crippen MR) is 161 cm³/mol. The number of ether oxygens (including phenoxy) is 4. The number of benzene rings is 5. The van der Waals surface area contributed by atoms with Crippen molar-refractivity contribution in [2.24, 2.45) is 0 Å². The Morgan fingerprint density at radius 2 is 0.805 bits per heavy atom. The molecule has 0 aliphatic heterocycles. The van der Waals surface area contributed by atoms with Gasteiger partial charge in [-0.2, -0.15) is 0 Å². The number of aliphatic hydroxyl groups is 1. The largest absolute Gasteiger partial charge is 0.491 e. The second-order valence-corrected chi connectivity index (χ2v) is 9.85. The van der Waals surface area contributed by atoms with Crippen LogP contribution in [0.15, 0.2) is 140 Å².